The Kier molecular flexibility index (Phi) is 3.35. The van der Waals surface area contributed by atoms with Gasteiger partial charge in [-0.15, -0.1) is 11.3 Å². The number of benzene rings is 1. The summed E-state index contributed by atoms with van der Waals surface area (Å²) in [5.74, 6) is 0.867. The molecular formula is C16H15N3O2S2. The van der Waals surface area contributed by atoms with Crippen LogP contribution in [0.3, 0.4) is 0 Å². The van der Waals surface area contributed by atoms with Crippen LogP contribution in [0, 0.1) is 6.92 Å². The van der Waals surface area contributed by atoms with Gasteiger partial charge in [0.05, 0.1) is 16.0 Å². The number of nitrogens with zero attached hydrogens (tertiary/aromatic N) is 2. The average molecular weight is 345 g/mol. The minimum absolute atomic E-state index is 0.0554. The van der Waals surface area contributed by atoms with Crippen molar-refractivity contribution in [3.63, 3.8) is 0 Å². The molecule has 0 bridgehead atoms. The van der Waals surface area contributed by atoms with Crippen molar-refractivity contribution >= 4 is 37.2 Å². The summed E-state index contributed by atoms with van der Waals surface area (Å²) in [6.45, 7) is 2.57. The summed E-state index contributed by atoms with van der Waals surface area (Å²) in [4.78, 5) is 10.0. The molecule has 118 valence electrons. The Balaban J connectivity index is 1.64. The highest BCUT2D eigenvalue weighted by molar-refractivity contribution is 7.91. The first-order chi connectivity index (χ1) is 11.1. The lowest BCUT2D eigenvalue weighted by Gasteiger charge is -2.12. The number of rotatable bonds is 3. The minimum Gasteiger partial charge on any atom is -0.369 e. The third kappa shape index (κ3) is 2.40. The number of thiophene rings is 1. The maximum atomic E-state index is 12.2. The molecule has 0 aliphatic carbocycles. The van der Waals surface area contributed by atoms with Gasteiger partial charge in [0.2, 0.25) is 0 Å². The topological polar surface area (TPSA) is 72.0 Å². The fraction of sp³-hybridized carbons (Fsp3) is 0.250. The summed E-state index contributed by atoms with van der Waals surface area (Å²) in [7, 11) is -3.17. The van der Waals surface area contributed by atoms with Gasteiger partial charge < -0.3 is 5.32 Å². The molecule has 23 heavy (non-hydrogen) atoms. The van der Waals surface area contributed by atoms with Gasteiger partial charge >= 0.3 is 0 Å². The second-order valence-corrected chi connectivity index (χ2v) is 8.58. The van der Waals surface area contributed by atoms with Crippen molar-refractivity contribution in [3.8, 4) is 0 Å². The van der Waals surface area contributed by atoms with E-state index in [2.05, 4.69) is 20.7 Å². The van der Waals surface area contributed by atoms with Gasteiger partial charge in [-0.1, -0.05) is 18.2 Å². The fourth-order valence-electron chi connectivity index (χ4n) is 3.09. The van der Waals surface area contributed by atoms with Crippen molar-refractivity contribution in [2.45, 2.75) is 17.7 Å². The Morgan fingerprint density at radius 1 is 1.30 bits per heavy atom. The molecule has 0 radical (unpaired) electrons. The Morgan fingerprint density at radius 3 is 3.00 bits per heavy atom. The van der Waals surface area contributed by atoms with Crippen LogP contribution in [0.25, 0.3) is 10.2 Å². The van der Waals surface area contributed by atoms with Gasteiger partial charge in [0.25, 0.3) is 0 Å². The van der Waals surface area contributed by atoms with Gasteiger partial charge in [-0.05, 0) is 29.5 Å². The van der Waals surface area contributed by atoms with Crippen molar-refractivity contribution in [2.75, 3.05) is 17.6 Å². The standard InChI is InChI=1S/C16H15N3O2S2/c1-10-7-22-16-14(10)15(18-9-19-16)17-6-11-8-23(20,21)13-5-3-2-4-12(11)13/h2-5,7,9,11H,6,8H2,1H3,(H,17,18,19)/t11-/m1/s1. The molecule has 1 aliphatic heterocycles. The zero-order valence-electron chi connectivity index (χ0n) is 12.5. The Labute approximate surface area is 138 Å². The first kappa shape index (κ1) is 14.6. The van der Waals surface area contributed by atoms with Crippen LogP contribution >= 0.6 is 11.3 Å². The highest BCUT2D eigenvalue weighted by atomic mass is 32.2. The van der Waals surface area contributed by atoms with Crippen LogP contribution in [0.2, 0.25) is 0 Å². The lowest BCUT2D eigenvalue weighted by molar-refractivity contribution is 0.598. The molecular weight excluding hydrogens is 330 g/mol. The lowest BCUT2D eigenvalue weighted by Crippen LogP contribution is -2.15. The smallest absolute Gasteiger partial charge is 0.179 e. The highest BCUT2D eigenvalue weighted by Gasteiger charge is 2.34. The van der Waals surface area contributed by atoms with E-state index < -0.39 is 9.84 Å². The van der Waals surface area contributed by atoms with Crippen LogP contribution in [-0.2, 0) is 9.84 Å². The Morgan fingerprint density at radius 2 is 2.13 bits per heavy atom. The molecule has 0 saturated heterocycles. The maximum Gasteiger partial charge on any atom is 0.179 e. The SMILES string of the molecule is Cc1csc2ncnc(NC[C@@H]3CS(=O)(=O)c4ccccc43)c12. The second kappa shape index (κ2) is 5.28. The van der Waals surface area contributed by atoms with E-state index in [9.17, 15) is 8.42 Å². The number of anilines is 1. The normalized spacial score (nSPS) is 18.9. The molecule has 0 amide bonds. The zero-order valence-corrected chi connectivity index (χ0v) is 14.1. The summed E-state index contributed by atoms with van der Waals surface area (Å²) in [6.07, 6.45) is 1.54. The van der Waals surface area contributed by atoms with E-state index in [0.29, 0.717) is 11.4 Å². The Bertz CT molecular complexity index is 995. The van der Waals surface area contributed by atoms with E-state index in [1.807, 2.05) is 19.1 Å². The third-order valence-corrected chi connectivity index (χ3v) is 7.07. The number of hydrogen-bond acceptors (Lipinski definition) is 6. The van der Waals surface area contributed by atoms with Crippen molar-refractivity contribution in [2.24, 2.45) is 0 Å². The molecule has 5 nitrogen and oxygen atoms in total. The Hall–Kier alpha value is -1.99. The number of fused-ring (bicyclic) bond motifs is 2. The second-order valence-electron chi connectivity index (χ2n) is 5.72. The molecule has 2 aromatic heterocycles. The summed E-state index contributed by atoms with van der Waals surface area (Å²) < 4.78 is 24.5. The average Bonchev–Trinajstić information content (AvgIpc) is 3.05. The summed E-state index contributed by atoms with van der Waals surface area (Å²) in [5.41, 5.74) is 2.03. The van der Waals surface area contributed by atoms with E-state index in [1.54, 1.807) is 29.8 Å². The maximum absolute atomic E-state index is 12.2. The van der Waals surface area contributed by atoms with Crippen LogP contribution in [0.15, 0.2) is 40.9 Å². The molecule has 0 spiro atoms. The van der Waals surface area contributed by atoms with Crippen molar-refractivity contribution < 1.29 is 8.42 Å². The third-order valence-electron chi connectivity index (χ3n) is 4.18. The van der Waals surface area contributed by atoms with E-state index >= 15 is 0 Å². The van der Waals surface area contributed by atoms with E-state index in [4.69, 9.17) is 0 Å². The first-order valence-electron chi connectivity index (χ1n) is 7.30. The zero-order chi connectivity index (χ0) is 16.0. The number of hydrogen-bond donors (Lipinski definition) is 1. The largest absolute Gasteiger partial charge is 0.369 e. The lowest BCUT2D eigenvalue weighted by atomic mass is 10.0. The predicted molar refractivity (Wildman–Crippen MR) is 91.9 cm³/mol. The molecule has 1 aromatic carbocycles. The highest BCUT2D eigenvalue weighted by Crippen LogP contribution is 2.35. The molecule has 1 N–H and O–H groups in total. The van der Waals surface area contributed by atoms with E-state index in [-0.39, 0.29) is 11.7 Å². The van der Waals surface area contributed by atoms with Crippen molar-refractivity contribution in [1.29, 1.82) is 0 Å². The van der Waals surface area contributed by atoms with Crippen LogP contribution in [0.1, 0.15) is 17.0 Å². The molecule has 7 heteroatoms. The van der Waals surface area contributed by atoms with E-state index in [1.165, 1.54) is 0 Å². The molecule has 1 aliphatic rings. The molecule has 4 rings (SSSR count). The monoisotopic (exact) mass is 345 g/mol. The van der Waals surface area contributed by atoms with Crippen LogP contribution in [0.5, 0.6) is 0 Å². The fourth-order valence-corrected chi connectivity index (χ4v) is 5.86. The molecule has 3 aromatic rings. The van der Waals surface area contributed by atoms with Gasteiger partial charge in [0.1, 0.15) is 17.0 Å². The number of aryl methyl sites for hydroxylation is 1. The molecule has 0 fully saturated rings. The summed E-state index contributed by atoms with van der Waals surface area (Å²) >= 11 is 1.59. The van der Waals surface area contributed by atoms with Crippen molar-refractivity contribution in [1.82, 2.24) is 9.97 Å². The van der Waals surface area contributed by atoms with E-state index in [0.717, 1.165) is 27.2 Å². The summed E-state index contributed by atoms with van der Waals surface area (Å²) in [5, 5.41) is 6.40. The van der Waals surface area contributed by atoms with Crippen LogP contribution < -0.4 is 5.32 Å². The van der Waals surface area contributed by atoms with Gasteiger partial charge in [-0.2, -0.15) is 0 Å². The summed E-state index contributed by atoms with van der Waals surface area (Å²) in [6, 6.07) is 7.25. The number of aromatic nitrogens is 2. The van der Waals surface area contributed by atoms with Crippen LogP contribution in [-0.4, -0.2) is 30.7 Å². The van der Waals surface area contributed by atoms with Gasteiger partial charge in [0, 0.05) is 12.5 Å². The molecule has 1 atom stereocenters. The van der Waals surface area contributed by atoms with Gasteiger partial charge in [0.15, 0.2) is 9.84 Å². The minimum atomic E-state index is -3.17. The van der Waals surface area contributed by atoms with Crippen molar-refractivity contribution in [3.05, 3.63) is 47.1 Å². The molecule has 0 unspecified atom stereocenters. The first-order valence-corrected chi connectivity index (χ1v) is 9.84. The van der Waals surface area contributed by atoms with Gasteiger partial charge in [-0.25, -0.2) is 18.4 Å². The quantitative estimate of drug-likeness (QED) is 0.790. The van der Waals surface area contributed by atoms with Gasteiger partial charge in [-0.3, -0.25) is 0 Å². The number of sulfone groups is 1. The van der Waals surface area contributed by atoms with Crippen LogP contribution in [0.4, 0.5) is 5.82 Å². The molecule has 0 saturated carbocycles. The molecule has 3 heterocycles. The number of nitrogens with one attached hydrogen (secondary N) is 1. The predicted octanol–water partition coefficient (Wildman–Crippen LogP) is 2.98.